The summed E-state index contributed by atoms with van der Waals surface area (Å²) < 4.78 is 26.7. The molecule has 5 heteroatoms. The van der Waals surface area contributed by atoms with Gasteiger partial charge in [0.2, 0.25) is 10.0 Å². The average molecular weight is 333 g/mol. The van der Waals surface area contributed by atoms with Crippen molar-refractivity contribution in [1.29, 1.82) is 0 Å². The average Bonchev–Trinajstić information content (AvgIpc) is 2.55. The predicted octanol–water partition coefficient (Wildman–Crippen LogP) is 2.45. The summed E-state index contributed by atoms with van der Waals surface area (Å²) in [6, 6.07) is 18.9. The van der Waals surface area contributed by atoms with E-state index in [-0.39, 0.29) is 12.3 Å². The zero-order chi connectivity index (χ0) is 16.8. The van der Waals surface area contributed by atoms with Crippen molar-refractivity contribution in [2.75, 3.05) is 12.3 Å². The number of benzene rings is 2. The van der Waals surface area contributed by atoms with Gasteiger partial charge in [-0.05, 0) is 30.9 Å². The molecule has 4 nitrogen and oxygen atoms in total. The quantitative estimate of drug-likeness (QED) is 0.780. The van der Waals surface area contributed by atoms with Crippen LogP contribution in [0.5, 0.6) is 0 Å². The number of hydrogen-bond donors (Lipinski definition) is 2. The van der Waals surface area contributed by atoms with Crippen LogP contribution in [0.2, 0.25) is 0 Å². The smallest absolute Gasteiger partial charge is 0.211 e. The molecule has 2 rings (SSSR count). The monoisotopic (exact) mass is 333 g/mol. The molecule has 0 fully saturated rings. The Morgan fingerprint density at radius 1 is 1.00 bits per heavy atom. The van der Waals surface area contributed by atoms with Crippen molar-refractivity contribution in [3.05, 3.63) is 71.8 Å². The molecule has 0 saturated heterocycles. The molecule has 1 atom stereocenters. The maximum Gasteiger partial charge on any atom is 0.211 e. The topological polar surface area (TPSA) is 66.4 Å². The molecule has 0 aromatic heterocycles. The van der Waals surface area contributed by atoms with E-state index in [1.54, 1.807) is 19.1 Å². The van der Waals surface area contributed by atoms with Crippen LogP contribution in [-0.2, 0) is 22.0 Å². The fraction of sp³-hybridized carbons (Fsp3) is 0.333. The zero-order valence-corrected chi connectivity index (χ0v) is 14.1. The van der Waals surface area contributed by atoms with E-state index >= 15 is 0 Å². The summed E-state index contributed by atoms with van der Waals surface area (Å²) in [7, 11) is -3.40. The SMILES string of the molecule is CC(O)(CNS(=O)(=O)CCCc1ccccc1)c1ccccc1. The number of rotatable bonds is 8. The normalized spacial score (nSPS) is 14.3. The largest absolute Gasteiger partial charge is 0.384 e. The van der Waals surface area contributed by atoms with Gasteiger partial charge in [-0.15, -0.1) is 0 Å². The zero-order valence-electron chi connectivity index (χ0n) is 13.3. The van der Waals surface area contributed by atoms with Gasteiger partial charge >= 0.3 is 0 Å². The molecule has 124 valence electrons. The van der Waals surface area contributed by atoms with Gasteiger partial charge in [0.1, 0.15) is 5.60 Å². The summed E-state index contributed by atoms with van der Waals surface area (Å²) >= 11 is 0. The standard InChI is InChI=1S/C18H23NO3S/c1-18(20,17-12-6-3-7-13-17)15-19-23(21,22)14-8-11-16-9-4-2-5-10-16/h2-7,9-10,12-13,19-20H,8,11,14-15H2,1H3. The van der Waals surface area contributed by atoms with Gasteiger partial charge in [-0.2, -0.15) is 0 Å². The lowest BCUT2D eigenvalue weighted by molar-refractivity contribution is 0.0627. The van der Waals surface area contributed by atoms with Gasteiger partial charge in [0.05, 0.1) is 5.75 Å². The Morgan fingerprint density at radius 3 is 2.17 bits per heavy atom. The minimum absolute atomic E-state index is 0.0370. The molecule has 1 unspecified atom stereocenters. The Morgan fingerprint density at radius 2 is 1.57 bits per heavy atom. The maximum absolute atomic E-state index is 12.1. The summed E-state index contributed by atoms with van der Waals surface area (Å²) in [6.07, 6.45) is 1.27. The molecule has 0 aliphatic carbocycles. The minimum Gasteiger partial charge on any atom is -0.384 e. The summed E-state index contributed by atoms with van der Waals surface area (Å²) in [4.78, 5) is 0. The number of nitrogens with one attached hydrogen (secondary N) is 1. The lowest BCUT2D eigenvalue weighted by atomic mass is 9.97. The first-order valence-corrected chi connectivity index (χ1v) is 9.33. The predicted molar refractivity (Wildman–Crippen MR) is 92.6 cm³/mol. The van der Waals surface area contributed by atoms with Crippen molar-refractivity contribution >= 4 is 10.0 Å². The van der Waals surface area contributed by atoms with Crippen LogP contribution in [0.3, 0.4) is 0 Å². The third-order valence-corrected chi connectivity index (χ3v) is 5.16. The molecule has 0 amide bonds. The van der Waals surface area contributed by atoms with Gasteiger partial charge in [0.15, 0.2) is 0 Å². The highest BCUT2D eigenvalue weighted by atomic mass is 32.2. The highest BCUT2D eigenvalue weighted by Crippen LogP contribution is 2.19. The van der Waals surface area contributed by atoms with Gasteiger partial charge in [0, 0.05) is 6.54 Å². The van der Waals surface area contributed by atoms with Crippen LogP contribution < -0.4 is 4.72 Å². The highest BCUT2D eigenvalue weighted by molar-refractivity contribution is 7.89. The third kappa shape index (κ3) is 5.78. The Bertz CT molecular complexity index is 698. The van der Waals surface area contributed by atoms with E-state index in [1.165, 1.54) is 0 Å². The number of aliphatic hydroxyl groups is 1. The van der Waals surface area contributed by atoms with Crippen LogP contribution in [-0.4, -0.2) is 25.8 Å². The van der Waals surface area contributed by atoms with E-state index in [2.05, 4.69) is 4.72 Å². The fourth-order valence-electron chi connectivity index (χ4n) is 2.33. The van der Waals surface area contributed by atoms with E-state index in [0.29, 0.717) is 12.0 Å². The van der Waals surface area contributed by atoms with Crippen molar-refractivity contribution in [2.24, 2.45) is 0 Å². The Kier molecular flexibility index (Phi) is 5.93. The lowest BCUT2D eigenvalue weighted by Gasteiger charge is -2.24. The van der Waals surface area contributed by atoms with Crippen molar-refractivity contribution < 1.29 is 13.5 Å². The van der Waals surface area contributed by atoms with Crippen LogP contribution in [0.15, 0.2) is 60.7 Å². The van der Waals surface area contributed by atoms with Crippen molar-refractivity contribution in [2.45, 2.75) is 25.4 Å². The van der Waals surface area contributed by atoms with Crippen molar-refractivity contribution in [3.63, 3.8) is 0 Å². The first-order valence-electron chi connectivity index (χ1n) is 7.68. The second-order valence-corrected chi connectivity index (χ2v) is 7.80. The lowest BCUT2D eigenvalue weighted by Crippen LogP contribution is -2.39. The maximum atomic E-state index is 12.1. The molecule has 0 heterocycles. The van der Waals surface area contributed by atoms with Gasteiger partial charge in [-0.1, -0.05) is 60.7 Å². The molecular formula is C18H23NO3S. The Hall–Kier alpha value is -1.69. The summed E-state index contributed by atoms with van der Waals surface area (Å²) in [5.74, 6) is 0.0484. The molecule has 2 aromatic rings. The molecule has 2 aromatic carbocycles. The molecule has 2 N–H and O–H groups in total. The van der Waals surface area contributed by atoms with Crippen LogP contribution in [0.25, 0.3) is 0 Å². The summed E-state index contributed by atoms with van der Waals surface area (Å²) in [5, 5.41) is 10.4. The molecule has 0 bridgehead atoms. The number of aryl methyl sites for hydroxylation is 1. The Balaban J connectivity index is 1.84. The van der Waals surface area contributed by atoms with E-state index < -0.39 is 15.6 Å². The molecule has 0 spiro atoms. The van der Waals surface area contributed by atoms with Gasteiger partial charge < -0.3 is 5.11 Å². The summed E-state index contributed by atoms with van der Waals surface area (Å²) in [6.45, 7) is 1.57. The van der Waals surface area contributed by atoms with E-state index in [0.717, 1.165) is 12.0 Å². The van der Waals surface area contributed by atoms with Crippen LogP contribution in [0, 0.1) is 0 Å². The van der Waals surface area contributed by atoms with Crippen molar-refractivity contribution in [3.8, 4) is 0 Å². The number of sulfonamides is 1. The van der Waals surface area contributed by atoms with E-state index in [1.807, 2.05) is 48.5 Å². The number of hydrogen-bond acceptors (Lipinski definition) is 3. The van der Waals surface area contributed by atoms with Crippen LogP contribution in [0.4, 0.5) is 0 Å². The van der Waals surface area contributed by atoms with Gasteiger partial charge in [0.25, 0.3) is 0 Å². The van der Waals surface area contributed by atoms with Gasteiger partial charge in [-0.3, -0.25) is 0 Å². The molecule has 0 radical (unpaired) electrons. The highest BCUT2D eigenvalue weighted by Gasteiger charge is 2.25. The van der Waals surface area contributed by atoms with E-state index in [4.69, 9.17) is 0 Å². The van der Waals surface area contributed by atoms with Crippen LogP contribution >= 0.6 is 0 Å². The molecule has 0 aliphatic heterocycles. The molecule has 0 saturated carbocycles. The van der Waals surface area contributed by atoms with Gasteiger partial charge in [-0.25, -0.2) is 13.1 Å². The van der Waals surface area contributed by atoms with Crippen molar-refractivity contribution in [1.82, 2.24) is 4.72 Å². The molecular weight excluding hydrogens is 310 g/mol. The summed E-state index contributed by atoms with van der Waals surface area (Å²) in [5.41, 5.74) is 0.583. The first-order chi connectivity index (χ1) is 10.9. The second kappa shape index (κ2) is 7.73. The third-order valence-electron chi connectivity index (χ3n) is 3.75. The fourth-order valence-corrected chi connectivity index (χ4v) is 3.50. The second-order valence-electron chi connectivity index (χ2n) is 5.87. The first kappa shape index (κ1) is 17.7. The Labute approximate surface area is 138 Å². The van der Waals surface area contributed by atoms with E-state index in [9.17, 15) is 13.5 Å². The minimum atomic E-state index is -3.40. The molecule has 23 heavy (non-hydrogen) atoms. The van der Waals surface area contributed by atoms with Crippen LogP contribution in [0.1, 0.15) is 24.5 Å². The molecule has 0 aliphatic rings.